The molecule has 0 saturated heterocycles. The molecule has 1 heterocycles. The number of likely N-dealkylation sites (N-methyl/N-ethyl adjacent to an activating group) is 1. The Kier molecular flexibility index (Phi) is 4.59. The largest absolute Gasteiger partial charge is 0.352 e. The summed E-state index contributed by atoms with van der Waals surface area (Å²) < 4.78 is 2.26. The maximum atomic E-state index is 2.51. The van der Waals surface area contributed by atoms with Crippen molar-refractivity contribution in [2.75, 3.05) is 13.1 Å². The van der Waals surface area contributed by atoms with Crippen molar-refractivity contribution in [1.29, 1.82) is 0 Å². The number of nitrogens with zero attached hydrogens (tertiary/aromatic N) is 2. The van der Waals surface area contributed by atoms with Crippen LogP contribution in [0.3, 0.4) is 0 Å². The van der Waals surface area contributed by atoms with Gasteiger partial charge < -0.3 is 4.57 Å². The summed E-state index contributed by atoms with van der Waals surface area (Å²) in [6, 6.07) is 15.4. The molecule has 18 heavy (non-hydrogen) atoms. The molecule has 0 aliphatic rings. The number of hydrogen-bond donors (Lipinski definition) is 0. The van der Waals surface area contributed by atoms with Crippen molar-refractivity contribution < 1.29 is 0 Å². The molecule has 0 N–H and O–H groups in total. The van der Waals surface area contributed by atoms with Gasteiger partial charge in [-0.1, -0.05) is 44.2 Å². The van der Waals surface area contributed by atoms with Gasteiger partial charge in [0, 0.05) is 18.9 Å². The van der Waals surface area contributed by atoms with E-state index in [2.05, 4.69) is 78.2 Å². The monoisotopic (exact) mass is 242 g/mol. The quantitative estimate of drug-likeness (QED) is 0.752. The Morgan fingerprint density at radius 3 is 2.11 bits per heavy atom. The molecule has 0 amide bonds. The summed E-state index contributed by atoms with van der Waals surface area (Å²) in [4.78, 5) is 2.51. The van der Waals surface area contributed by atoms with Crippen molar-refractivity contribution in [3.8, 4) is 0 Å². The van der Waals surface area contributed by atoms with Crippen LogP contribution in [-0.2, 0) is 6.54 Å². The van der Waals surface area contributed by atoms with Crippen molar-refractivity contribution in [1.82, 2.24) is 9.47 Å². The average molecular weight is 242 g/mol. The molecule has 2 nitrogen and oxygen atoms in total. The van der Waals surface area contributed by atoms with Crippen LogP contribution >= 0.6 is 0 Å². The summed E-state index contributed by atoms with van der Waals surface area (Å²) in [6.07, 6.45) is 4.28. The smallest absolute Gasteiger partial charge is 0.0527 e. The fourth-order valence-electron chi connectivity index (χ4n) is 2.46. The summed E-state index contributed by atoms with van der Waals surface area (Å²) in [5, 5.41) is 0. The highest BCUT2D eigenvalue weighted by Gasteiger charge is 2.17. The first kappa shape index (κ1) is 12.9. The zero-order chi connectivity index (χ0) is 12.8. The zero-order valence-corrected chi connectivity index (χ0v) is 11.3. The lowest BCUT2D eigenvalue weighted by molar-refractivity contribution is 0.198. The highest BCUT2D eigenvalue weighted by Crippen LogP contribution is 2.22. The predicted octanol–water partition coefficient (Wildman–Crippen LogP) is 3.57. The normalized spacial score (nSPS) is 12.8. The van der Waals surface area contributed by atoms with E-state index < -0.39 is 0 Å². The summed E-state index contributed by atoms with van der Waals surface area (Å²) in [5.41, 5.74) is 1.40. The lowest BCUT2D eigenvalue weighted by atomic mass is 10.1. The van der Waals surface area contributed by atoms with Gasteiger partial charge in [0.25, 0.3) is 0 Å². The van der Waals surface area contributed by atoms with E-state index in [4.69, 9.17) is 0 Å². The van der Waals surface area contributed by atoms with E-state index in [1.165, 1.54) is 5.56 Å². The van der Waals surface area contributed by atoms with Crippen molar-refractivity contribution in [3.05, 3.63) is 60.4 Å². The molecule has 1 unspecified atom stereocenters. The molecule has 0 fully saturated rings. The van der Waals surface area contributed by atoms with E-state index in [0.717, 1.165) is 19.6 Å². The summed E-state index contributed by atoms with van der Waals surface area (Å²) in [7, 11) is 0. The van der Waals surface area contributed by atoms with Gasteiger partial charge in [0.2, 0.25) is 0 Å². The van der Waals surface area contributed by atoms with Crippen LogP contribution in [0.4, 0.5) is 0 Å². The number of aromatic nitrogens is 1. The third kappa shape index (κ3) is 3.02. The van der Waals surface area contributed by atoms with Crippen LogP contribution in [0.25, 0.3) is 0 Å². The molecular formula is C16H22N2. The van der Waals surface area contributed by atoms with E-state index in [-0.39, 0.29) is 0 Å². The van der Waals surface area contributed by atoms with Crippen LogP contribution in [0.5, 0.6) is 0 Å². The van der Waals surface area contributed by atoms with Crippen LogP contribution in [0, 0.1) is 0 Å². The van der Waals surface area contributed by atoms with Crippen molar-refractivity contribution in [3.63, 3.8) is 0 Å². The zero-order valence-electron chi connectivity index (χ0n) is 11.3. The van der Waals surface area contributed by atoms with E-state index >= 15 is 0 Å². The second-order valence-corrected chi connectivity index (χ2v) is 4.53. The number of hydrogen-bond acceptors (Lipinski definition) is 1. The maximum absolute atomic E-state index is 2.51. The van der Waals surface area contributed by atoms with Gasteiger partial charge in [-0.3, -0.25) is 4.90 Å². The number of benzene rings is 1. The van der Waals surface area contributed by atoms with Gasteiger partial charge in [-0.05, 0) is 30.8 Å². The fraction of sp³-hybridized carbons (Fsp3) is 0.375. The van der Waals surface area contributed by atoms with Crippen LogP contribution in [-0.4, -0.2) is 22.6 Å². The summed E-state index contributed by atoms with van der Waals surface area (Å²) >= 11 is 0. The minimum absolute atomic E-state index is 0.452. The molecule has 1 aromatic heterocycles. The molecule has 0 radical (unpaired) electrons. The Bertz CT molecular complexity index is 429. The standard InChI is InChI=1S/C16H22N2/c1-3-18(4-2)16(14-17-12-8-9-13-17)15-10-6-5-7-11-15/h5-13,16H,3-4,14H2,1-2H3. The van der Waals surface area contributed by atoms with Crippen LogP contribution in [0.1, 0.15) is 25.5 Å². The van der Waals surface area contributed by atoms with Crippen LogP contribution in [0.15, 0.2) is 54.9 Å². The van der Waals surface area contributed by atoms with E-state index in [9.17, 15) is 0 Å². The van der Waals surface area contributed by atoms with Crippen molar-refractivity contribution in [2.45, 2.75) is 26.4 Å². The molecule has 0 spiro atoms. The predicted molar refractivity (Wildman–Crippen MR) is 76.5 cm³/mol. The van der Waals surface area contributed by atoms with Gasteiger partial charge in [-0.25, -0.2) is 0 Å². The van der Waals surface area contributed by atoms with E-state index in [1.807, 2.05) is 0 Å². The number of rotatable bonds is 6. The molecular weight excluding hydrogens is 220 g/mol. The average Bonchev–Trinajstić information content (AvgIpc) is 2.93. The molecule has 1 atom stereocenters. The second-order valence-electron chi connectivity index (χ2n) is 4.53. The minimum atomic E-state index is 0.452. The van der Waals surface area contributed by atoms with Crippen molar-refractivity contribution in [2.24, 2.45) is 0 Å². The molecule has 0 aliphatic carbocycles. The molecule has 0 saturated carbocycles. The van der Waals surface area contributed by atoms with E-state index in [0.29, 0.717) is 6.04 Å². The Balaban J connectivity index is 2.22. The van der Waals surface area contributed by atoms with Gasteiger partial charge in [0.15, 0.2) is 0 Å². The Labute approximate surface area is 110 Å². The van der Waals surface area contributed by atoms with Gasteiger partial charge in [0.05, 0.1) is 6.04 Å². The third-order valence-corrected chi connectivity index (χ3v) is 3.49. The first-order valence-electron chi connectivity index (χ1n) is 6.75. The first-order chi connectivity index (χ1) is 8.85. The van der Waals surface area contributed by atoms with Gasteiger partial charge >= 0.3 is 0 Å². The molecule has 2 rings (SSSR count). The topological polar surface area (TPSA) is 8.17 Å². The van der Waals surface area contributed by atoms with Gasteiger partial charge in [-0.2, -0.15) is 0 Å². The molecule has 0 aliphatic heterocycles. The van der Waals surface area contributed by atoms with Crippen LogP contribution in [0.2, 0.25) is 0 Å². The highest BCUT2D eigenvalue weighted by atomic mass is 15.2. The minimum Gasteiger partial charge on any atom is -0.352 e. The van der Waals surface area contributed by atoms with Crippen molar-refractivity contribution >= 4 is 0 Å². The third-order valence-electron chi connectivity index (χ3n) is 3.49. The molecule has 1 aromatic carbocycles. The Morgan fingerprint density at radius 1 is 0.944 bits per heavy atom. The SMILES string of the molecule is CCN(CC)C(Cn1cccc1)c1ccccc1. The molecule has 2 heteroatoms. The Morgan fingerprint density at radius 2 is 1.56 bits per heavy atom. The first-order valence-corrected chi connectivity index (χ1v) is 6.75. The maximum Gasteiger partial charge on any atom is 0.0527 e. The van der Waals surface area contributed by atoms with Gasteiger partial charge in [-0.15, -0.1) is 0 Å². The van der Waals surface area contributed by atoms with E-state index in [1.54, 1.807) is 0 Å². The molecule has 2 aromatic rings. The van der Waals surface area contributed by atoms with Crippen LogP contribution < -0.4 is 0 Å². The lowest BCUT2D eigenvalue weighted by Gasteiger charge is -2.30. The molecule has 0 bridgehead atoms. The second kappa shape index (κ2) is 6.41. The lowest BCUT2D eigenvalue weighted by Crippen LogP contribution is -2.31. The Hall–Kier alpha value is -1.54. The fourth-order valence-corrected chi connectivity index (χ4v) is 2.46. The highest BCUT2D eigenvalue weighted by molar-refractivity contribution is 5.19. The summed E-state index contributed by atoms with van der Waals surface area (Å²) in [6.45, 7) is 7.64. The summed E-state index contributed by atoms with van der Waals surface area (Å²) in [5.74, 6) is 0. The van der Waals surface area contributed by atoms with Gasteiger partial charge in [0.1, 0.15) is 0 Å². The molecule has 96 valence electrons.